The summed E-state index contributed by atoms with van der Waals surface area (Å²) in [6.45, 7) is 1.77. The molecule has 102 valence electrons. The van der Waals surface area contributed by atoms with E-state index in [2.05, 4.69) is 27.6 Å². The van der Waals surface area contributed by atoms with Gasteiger partial charge in [-0.25, -0.2) is 4.98 Å². The van der Waals surface area contributed by atoms with Crippen molar-refractivity contribution in [2.24, 2.45) is 0 Å². The van der Waals surface area contributed by atoms with Gasteiger partial charge >= 0.3 is 0 Å². The van der Waals surface area contributed by atoms with Crippen LogP contribution in [0.1, 0.15) is 18.6 Å². The molecular weight excluding hydrogens is 383 g/mol. The number of fused-ring (bicyclic) bond motifs is 1. The van der Waals surface area contributed by atoms with Crippen molar-refractivity contribution < 1.29 is 5.11 Å². The molecule has 1 unspecified atom stereocenters. The molecule has 3 N–H and O–H groups in total. The summed E-state index contributed by atoms with van der Waals surface area (Å²) >= 11 is 3.86. The molecule has 0 amide bonds. The highest BCUT2D eigenvalue weighted by Crippen LogP contribution is 2.33. The Kier molecular flexibility index (Phi) is 3.66. The van der Waals surface area contributed by atoms with Crippen molar-refractivity contribution in [2.45, 2.75) is 13.0 Å². The van der Waals surface area contributed by atoms with Crippen molar-refractivity contribution in [1.29, 1.82) is 0 Å². The van der Waals surface area contributed by atoms with Gasteiger partial charge in [-0.05, 0) is 65.4 Å². The lowest BCUT2D eigenvalue weighted by atomic mass is 10.1. The third-order valence-electron chi connectivity index (χ3n) is 3.14. The lowest BCUT2D eigenvalue weighted by Crippen LogP contribution is -1.89. The Labute approximate surface area is 134 Å². The zero-order chi connectivity index (χ0) is 14.3. The van der Waals surface area contributed by atoms with Crippen molar-refractivity contribution in [1.82, 2.24) is 4.98 Å². The fourth-order valence-electron chi connectivity index (χ4n) is 1.98. The summed E-state index contributed by atoms with van der Waals surface area (Å²) in [5, 5.41) is 10.6. The van der Waals surface area contributed by atoms with E-state index in [9.17, 15) is 5.11 Å². The maximum Gasteiger partial charge on any atom is 0.124 e. The highest BCUT2D eigenvalue weighted by Gasteiger charge is 2.09. The average Bonchev–Trinajstić information content (AvgIpc) is 2.84. The fourth-order valence-corrected chi connectivity index (χ4v) is 3.51. The molecule has 3 rings (SSSR count). The molecule has 1 heterocycles. The van der Waals surface area contributed by atoms with Gasteiger partial charge in [-0.15, -0.1) is 11.3 Å². The molecule has 0 bridgehead atoms. The minimum atomic E-state index is -0.456. The molecule has 3 nitrogen and oxygen atoms in total. The normalized spacial score (nSPS) is 12.8. The van der Waals surface area contributed by atoms with Gasteiger partial charge in [-0.3, -0.25) is 0 Å². The average molecular weight is 396 g/mol. The zero-order valence-electron chi connectivity index (χ0n) is 10.8. The molecule has 0 spiro atoms. The van der Waals surface area contributed by atoms with E-state index >= 15 is 0 Å². The second-order valence-corrected chi connectivity index (χ2v) is 6.85. The quantitative estimate of drug-likeness (QED) is 0.504. The largest absolute Gasteiger partial charge is 0.398 e. The molecule has 20 heavy (non-hydrogen) atoms. The summed E-state index contributed by atoms with van der Waals surface area (Å²) < 4.78 is 2.12. The summed E-state index contributed by atoms with van der Waals surface area (Å²) in [6, 6.07) is 11.8. The number of halogens is 1. The third-order valence-corrected chi connectivity index (χ3v) is 5.14. The Morgan fingerprint density at radius 2 is 2.05 bits per heavy atom. The Balaban J connectivity index is 2.10. The van der Waals surface area contributed by atoms with E-state index in [-0.39, 0.29) is 0 Å². The highest BCUT2D eigenvalue weighted by molar-refractivity contribution is 14.1. The summed E-state index contributed by atoms with van der Waals surface area (Å²) in [5.74, 6) is 0. The number of benzene rings is 2. The van der Waals surface area contributed by atoms with Crippen LogP contribution in [0.5, 0.6) is 0 Å². The van der Waals surface area contributed by atoms with E-state index in [1.54, 1.807) is 18.3 Å². The van der Waals surface area contributed by atoms with E-state index in [4.69, 9.17) is 5.73 Å². The number of rotatable bonds is 2. The van der Waals surface area contributed by atoms with Crippen LogP contribution >= 0.6 is 33.9 Å². The molecule has 0 radical (unpaired) electrons. The smallest absolute Gasteiger partial charge is 0.124 e. The fraction of sp³-hybridized carbons (Fsp3) is 0.133. The van der Waals surface area contributed by atoms with Gasteiger partial charge in [0, 0.05) is 14.8 Å². The van der Waals surface area contributed by atoms with E-state index in [1.807, 2.05) is 36.4 Å². The standard InChI is InChI=1S/C15H13IN2OS/c1-8(19)9-3-5-13-14(7-9)20-15(18-13)10-2-4-12(17)11(16)6-10/h2-8,19H,17H2,1H3. The summed E-state index contributed by atoms with van der Waals surface area (Å²) in [7, 11) is 0. The molecule has 0 saturated carbocycles. The number of thiazole rings is 1. The highest BCUT2D eigenvalue weighted by atomic mass is 127. The predicted octanol–water partition coefficient (Wildman–Crippen LogP) is 4.20. The number of aliphatic hydroxyl groups is 1. The molecule has 0 saturated heterocycles. The second kappa shape index (κ2) is 5.31. The third kappa shape index (κ3) is 2.53. The van der Waals surface area contributed by atoms with Crippen molar-refractivity contribution >= 4 is 49.8 Å². The lowest BCUT2D eigenvalue weighted by molar-refractivity contribution is 0.199. The van der Waals surface area contributed by atoms with Crippen LogP contribution < -0.4 is 5.73 Å². The van der Waals surface area contributed by atoms with Crippen LogP contribution in [0, 0.1) is 3.57 Å². The first-order valence-corrected chi connectivity index (χ1v) is 8.08. The van der Waals surface area contributed by atoms with Crippen LogP contribution in [0.25, 0.3) is 20.8 Å². The van der Waals surface area contributed by atoms with Crippen LogP contribution in [-0.2, 0) is 0 Å². The number of anilines is 1. The molecule has 0 aliphatic heterocycles. The number of nitrogens with two attached hydrogens (primary N) is 1. The first kappa shape index (κ1) is 13.8. The molecular formula is C15H13IN2OS. The Morgan fingerprint density at radius 1 is 1.25 bits per heavy atom. The molecule has 3 aromatic rings. The SMILES string of the molecule is CC(O)c1ccc2nc(-c3ccc(N)c(I)c3)sc2c1. The lowest BCUT2D eigenvalue weighted by Gasteiger charge is -2.02. The Morgan fingerprint density at radius 3 is 2.75 bits per heavy atom. The molecule has 0 aliphatic carbocycles. The van der Waals surface area contributed by atoms with E-state index < -0.39 is 6.10 Å². The topological polar surface area (TPSA) is 59.1 Å². The van der Waals surface area contributed by atoms with Crippen molar-refractivity contribution in [2.75, 3.05) is 5.73 Å². The summed E-state index contributed by atoms with van der Waals surface area (Å²) in [4.78, 5) is 4.65. The van der Waals surface area contributed by atoms with Gasteiger partial charge in [0.05, 0.1) is 16.3 Å². The van der Waals surface area contributed by atoms with Gasteiger partial charge in [-0.2, -0.15) is 0 Å². The van der Waals surface area contributed by atoms with Crippen LogP contribution in [0.4, 0.5) is 5.69 Å². The first-order valence-electron chi connectivity index (χ1n) is 6.18. The number of hydrogen-bond donors (Lipinski definition) is 2. The zero-order valence-corrected chi connectivity index (χ0v) is 13.8. The monoisotopic (exact) mass is 396 g/mol. The van der Waals surface area contributed by atoms with Gasteiger partial charge < -0.3 is 10.8 Å². The number of aromatic nitrogens is 1. The minimum Gasteiger partial charge on any atom is -0.398 e. The number of nitrogens with zero attached hydrogens (tertiary/aromatic N) is 1. The van der Waals surface area contributed by atoms with E-state index in [0.717, 1.165) is 35.6 Å². The number of hydrogen-bond acceptors (Lipinski definition) is 4. The molecule has 0 aliphatic rings. The van der Waals surface area contributed by atoms with Crippen molar-refractivity contribution in [3.8, 4) is 10.6 Å². The minimum absolute atomic E-state index is 0.456. The molecule has 5 heteroatoms. The van der Waals surface area contributed by atoms with Crippen LogP contribution in [0.3, 0.4) is 0 Å². The molecule has 1 atom stereocenters. The first-order chi connectivity index (χ1) is 9.54. The Bertz CT molecular complexity index is 783. The maximum absolute atomic E-state index is 9.64. The molecule has 0 fully saturated rings. The van der Waals surface area contributed by atoms with Gasteiger partial charge in [-0.1, -0.05) is 6.07 Å². The molecule has 2 aromatic carbocycles. The maximum atomic E-state index is 9.64. The summed E-state index contributed by atoms with van der Waals surface area (Å²) in [5.41, 5.74) is 9.58. The Hall–Kier alpha value is -1.18. The summed E-state index contributed by atoms with van der Waals surface area (Å²) in [6.07, 6.45) is -0.456. The van der Waals surface area contributed by atoms with Crippen LogP contribution in [-0.4, -0.2) is 10.1 Å². The van der Waals surface area contributed by atoms with E-state index in [1.165, 1.54) is 0 Å². The van der Waals surface area contributed by atoms with Crippen LogP contribution in [0.15, 0.2) is 36.4 Å². The number of nitrogen functional groups attached to an aromatic ring is 1. The van der Waals surface area contributed by atoms with Gasteiger partial charge in [0.2, 0.25) is 0 Å². The molecule has 1 aromatic heterocycles. The van der Waals surface area contributed by atoms with Crippen molar-refractivity contribution in [3.63, 3.8) is 0 Å². The van der Waals surface area contributed by atoms with Gasteiger partial charge in [0.25, 0.3) is 0 Å². The van der Waals surface area contributed by atoms with E-state index in [0.29, 0.717) is 0 Å². The number of aliphatic hydroxyl groups excluding tert-OH is 1. The van der Waals surface area contributed by atoms with Gasteiger partial charge in [0.15, 0.2) is 0 Å². The van der Waals surface area contributed by atoms with Gasteiger partial charge in [0.1, 0.15) is 5.01 Å². The van der Waals surface area contributed by atoms with Crippen LogP contribution in [0.2, 0.25) is 0 Å². The second-order valence-electron chi connectivity index (χ2n) is 4.66. The predicted molar refractivity (Wildman–Crippen MR) is 92.8 cm³/mol. The van der Waals surface area contributed by atoms with Crippen molar-refractivity contribution in [3.05, 3.63) is 45.5 Å².